The summed E-state index contributed by atoms with van der Waals surface area (Å²) in [7, 11) is 0. The molecule has 6 nitrogen and oxygen atoms in total. The average molecular weight is 313 g/mol. The van der Waals surface area contributed by atoms with E-state index in [4.69, 9.17) is 27.9 Å². The quantitative estimate of drug-likeness (QED) is 0.375. The molecule has 2 rings (SSSR count). The first-order valence-electron chi connectivity index (χ1n) is 5.25. The van der Waals surface area contributed by atoms with Crippen molar-refractivity contribution in [2.75, 3.05) is 0 Å². The lowest BCUT2D eigenvalue weighted by molar-refractivity contribution is -0.384. The lowest BCUT2D eigenvalue weighted by atomic mass is 10.3. The Hall–Kier alpha value is -2.18. The molecule has 0 N–H and O–H groups in total. The van der Waals surface area contributed by atoms with Crippen molar-refractivity contribution in [3.8, 4) is 5.75 Å². The van der Waals surface area contributed by atoms with Gasteiger partial charge in [-0.2, -0.15) is 0 Å². The Morgan fingerprint density at radius 1 is 1.25 bits per heavy atom. The van der Waals surface area contributed by atoms with Gasteiger partial charge in [0.15, 0.2) is 5.75 Å². The molecule has 8 heteroatoms. The van der Waals surface area contributed by atoms with Gasteiger partial charge in [0.25, 0.3) is 5.69 Å². The SMILES string of the molecule is O=C(Oc1c(Cl)cc([N+](=O)[O-])cc1Cl)c1ccccn1. The van der Waals surface area contributed by atoms with Crippen LogP contribution in [0.1, 0.15) is 10.5 Å². The minimum Gasteiger partial charge on any atom is -0.419 e. The summed E-state index contributed by atoms with van der Waals surface area (Å²) in [6.45, 7) is 0. The zero-order valence-corrected chi connectivity index (χ0v) is 11.3. The van der Waals surface area contributed by atoms with Crippen LogP contribution in [0.15, 0.2) is 36.5 Å². The number of nitro benzene ring substituents is 1. The molecule has 0 aliphatic rings. The normalized spacial score (nSPS) is 10.1. The Kier molecular flexibility index (Phi) is 4.16. The van der Waals surface area contributed by atoms with Gasteiger partial charge in [-0.1, -0.05) is 29.3 Å². The number of nitro groups is 1. The number of carbonyl (C=O) groups excluding carboxylic acids is 1. The van der Waals surface area contributed by atoms with E-state index in [9.17, 15) is 14.9 Å². The van der Waals surface area contributed by atoms with E-state index in [1.165, 1.54) is 12.3 Å². The van der Waals surface area contributed by atoms with E-state index in [1.54, 1.807) is 12.1 Å². The van der Waals surface area contributed by atoms with E-state index in [0.29, 0.717) is 0 Å². The number of halogens is 2. The molecule has 0 atom stereocenters. The summed E-state index contributed by atoms with van der Waals surface area (Å²) in [5, 5.41) is 10.4. The van der Waals surface area contributed by atoms with Gasteiger partial charge in [-0.05, 0) is 12.1 Å². The van der Waals surface area contributed by atoms with Crippen molar-refractivity contribution in [1.29, 1.82) is 0 Å². The Bertz CT molecular complexity index is 653. The molecular formula is C12H6Cl2N2O4. The molecule has 0 radical (unpaired) electrons. The Morgan fingerprint density at radius 2 is 1.90 bits per heavy atom. The van der Waals surface area contributed by atoms with Crippen LogP contribution in [-0.4, -0.2) is 15.9 Å². The van der Waals surface area contributed by atoms with Gasteiger partial charge in [-0.3, -0.25) is 10.1 Å². The highest BCUT2D eigenvalue weighted by Gasteiger charge is 2.19. The first kappa shape index (κ1) is 14.2. The smallest absolute Gasteiger partial charge is 0.362 e. The van der Waals surface area contributed by atoms with Crippen LogP contribution in [-0.2, 0) is 0 Å². The second-order valence-corrected chi connectivity index (χ2v) is 4.41. The number of hydrogen-bond donors (Lipinski definition) is 0. The maximum atomic E-state index is 11.8. The van der Waals surface area contributed by atoms with Gasteiger partial charge in [0.2, 0.25) is 0 Å². The molecule has 0 fully saturated rings. The van der Waals surface area contributed by atoms with E-state index in [-0.39, 0.29) is 27.2 Å². The van der Waals surface area contributed by atoms with Crippen LogP contribution < -0.4 is 4.74 Å². The van der Waals surface area contributed by atoms with Crippen molar-refractivity contribution < 1.29 is 14.5 Å². The van der Waals surface area contributed by atoms with Crippen LogP contribution >= 0.6 is 23.2 Å². The number of nitrogens with zero attached hydrogens (tertiary/aromatic N) is 2. The van der Waals surface area contributed by atoms with E-state index in [1.807, 2.05) is 0 Å². The number of pyridine rings is 1. The van der Waals surface area contributed by atoms with E-state index < -0.39 is 10.9 Å². The van der Waals surface area contributed by atoms with Crippen LogP contribution in [0.3, 0.4) is 0 Å². The molecule has 2 aromatic rings. The number of ether oxygens (including phenoxy) is 1. The first-order chi connectivity index (χ1) is 9.49. The monoisotopic (exact) mass is 312 g/mol. The van der Waals surface area contributed by atoms with E-state index >= 15 is 0 Å². The Morgan fingerprint density at radius 3 is 2.40 bits per heavy atom. The third-order valence-electron chi connectivity index (χ3n) is 2.26. The second-order valence-electron chi connectivity index (χ2n) is 3.60. The number of rotatable bonds is 3. The largest absolute Gasteiger partial charge is 0.419 e. The van der Waals surface area contributed by atoms with Crippen LogP contribution in [0.25, 0.3) is 0 Å². The Balaban J connectivity index is 2.31. The molecule has 1 heterocycles. The maximum absolute atomic E-state index is 11.8. The molecule has 0 saturated heterocycles. The summed E-state index contributed by atoms with van der Waals surface area (Å²) in [4.78, 5) is 25.6. The number of carbonyl (C=O) groups is 1. The minimum atomic E-state index is -0.761. The number of non-ortho nitro benzene ring substituents is 1. The zero-order valence-electron chi connectivity index (χ0n) is 9.75. The molecule has 0 aliphatic carbocycles. The van der Waals surface area contributed by atoms with Crippen molar-refractivity contribution in [1.82, 2.24) is 4.98 Å². The van der Waals surface area contributed by atoms with Gasteiger partial charge in [0.1, 0.15) is 5.69 Å². The van der Waals surface area contributed by atoms with Gasteiger partial charge in [0, 0.05) is 18.3 Å². The molecule has 0 unspecified atom stereocenters. The highest BCUT2D eigenvalue weighted by molar-refractivity contribution is 6.37. The fraction of sp³-hybridized carbons (Fsp3) is 0. The lowest BCUT2D eigenvalue weighted by Crippen LogP contribution is -2.10. The van der Waals surface area contributed by atoms with Gasteiger partial charge in [-0.15, -0.1) is 0 Å². The first-order valence-corrected chi connectivity index (χ1v) is 6.01. The van der Waals surface area contributed by atoms with Gasteiger partial charge in [-0.25, -0.2) is 9.78 Å². The van der Waals surface area contributed by atoms with E-state index in [0.717, 1.165) is 12.1 Å². The number of benzene rings is 1. The van der Waals surface area contributed by atoms with Crippen molar-refractivity contribution in [2.24, 2.45) is 0 Å². The molecule has 1 aromatic carbocycles. The maximum Gasteiger partial charge on any atom is 0.362 e. The minimum absolute atomic E-state index is 0.0676. The molecule has 20 heavy (non-hydrogen) atoms. The fourth-order valence-corrected chi connectivity index (χ4v) is 1.93. The third-order valence-corrected chi connectivity index (χ3v) is 2.82. The highest BCUT2D eigenvalue weighted by Crippen LogP contribution is 2.37. The van der Waals surface area contributed by atoms with Gasteiger partial charge < -0.3 is 4.74 Å². The summed E-state index contributed by atoms with van der Waals surface area (Å²) < 4.78 is 5.01. The predicted octanol–water partition coefficient (Wildman–Crippen LogP) is 3.52. The van der Waals surface area contributed by atoms with E-state index in [2.05, 4.69) is 4.98 Å². The molecule has 0 saturated carbocycles. The lowest BCUT2D eigenvalue weighted by Gasteiger charge is -2.07. The molecule has 102 valence electrons. The number of hydrogen-bond acceptors (Lipinski definition) is 5. The summed E-state index contributed by atoms with van der Waals surface area (Å²) in [6, 6.07) is 6.81. The molecule has 0 spiro atoms. The topological polar surface area (TPSA) is 82.3 Å². The van der Waals surface area contributed by atoms with Crippen LogP contribution in [0.4, 0.5) is 5.69 Å². The van der Waals surface area contributed by atoms with Gasteiger partial charge >= 0.3 is 5.97 Å². The molecule has 1 aromatic heterocycles. The zero-order chi connectivity index (χ0) is 14.7. The van der Waals surface area contributed by atoms with Crippen molar-refractivity contribution in [3.63, 3.8) is 0 Å². The highest BCUT2D eigenvalue weighted by atomic mass is 35.5. The van der Waals surface area contributed by atoms with Gasteiger partial charge in [0.05, 0.1) is 15.0 Å². The summed E-state index contributed by atoms with van der Waals surface area (Å²) in [6.07, 6.45) is 1.43. The summed E-state index contributed by atoms with van der Waals surface area (Å²) in [5.41, 5.74) is -0.226. The van der Waals surface area contributed by atoms with Crippen LogP contribution in [0, 0.1) is 10.1 Å². The molecule has 0 amide bonds. The number of aromatic nitrogens is 1. The average Bonchev–Trinajstić information content (AvgIpc) is 2.43. The molecular weight excluding hydrogens is 307 g/mol. The van der Waals surface area contributed by atoms with Crippen LogP contribution in [0.5, 0.6) is 5.75 Å². The second kappa shape index (κ2) is 5.85. The van der Waals surface area contributed by atoms with Crippen molar-refractivity contribution in [3.05, 3.63) is 62.4 Å². The van der Waals surface area contributed by atoms with Crippen molar-refractivity contribution in [2.45, 2.75) is 0 Å². The predicted molar refractivity (Wildman–Crippen MR) is 72.3 cm³/mol. The molecule has 0 bridgehead atoms. The number of esters is 1. The Labute approximate surface area is 123 Å². The standard InChI is InChI=1S/C12H6Cl2N2O4/c13-8-5-7(16(18)19)6-9(14)11(8)20-12(17)10-3-1-2-4-15-10/h1-6H. The molecule has 0 aliphatic heterocycles. The summed E-state index contributed by atoms with van der Waals surface area (Å²) in [5.74, 6) is -0.905. The summed E-state index contributed by atoms with van der Waals surface area (Å²) >= 11 is 11.6. The van der Waals surface area contributed by atoms with Crippen LogP contribution in [0.2, 0.25) is 10.0 Å². The third kappa shape index (κ3) is 3.04. The fourth-order valence-electron chi connectivity index (χ4n) is 1.38. The van der Waals surface area contributed by atoms with Crippen molar-refractivity contribution >= 4 is 34.9 Å².